The summed E-state index contributed by atoms with van der Waals surface area (Å²) < 4.78 is 5.28. The summed E-state index contributed by atoms with van der Waals surface area (Å²) in [7, 11) is 0. The van der Waals surface area contributed by atoms with E-state index in [4.69, 9.17) is 4.42 Å². The van der Waals surface area contributed by atoms with Gasteiger partial charge < -0.3 is 9.73 Å². The van der Waals surface area contributed by atoms with E-state index in [9.17, 15) is 9.59 Å². The number of fused-ring (bicyclic) bond motifs is 1. The van der Waals surface area contributed by atoms with Gasteiger partial charge in [0.25, 0.3) is 0 Å². The number of Topliss-reactive ketones (excluding diaryl/α,β-unsaturated/α-hetero) is 1. The van der Waals surface area contributed by atoms with Crippen LogP contribution in [0, 0.1) is 5.41 Å². The average molecular weight is 351 g/mol. The Balaban J connectivity index is 2.00. The fourth-order valence-corrected chi connectivity index (χ4v) is 3.99. The van der Waals surface area contributed by atoms with E-state index in [1.54, 1.807) is 35.9 Å². The summed E-state index contributed by atoms with van der Waals surface area (Å²) >= 11 is 0. The van der Waals surface area contributed by atoms with Crippen molar-refractivity contribution in [3.8, 4) is 0 Å². The second-order valence-electron chi connectivity index (χ2n) is 7.70. The topological polar surface area (TPSA) is 75.4 Å². The minimum atomic E-state index is -0.513. The lowest BCUT2D eigenvalue weighted by atomic mass is 9.73. The van der Waals surface area contributed by atoms with Crippen LogP contribution < -0.4 is 10.2 Å². The lowest BCUT2D eigenvalue weighted by molar-refractivity contribution is -0.118. The second kappa shape index (κ2) is 5.83. The molecule has 3 heterocycles. The van der Waals surface area contributed by atoms with E-state index < -0.39 is 6.04 Å². The van der Waals surface area contributed by atoms with Crippen LogP contribution in [0.2, 0.25) is 0 Å². The van der Waals surface area contributed by atoms with Crippen molar-refractivity contribution in [3.63, 3.8) is 0 Å². The normalized spacial score (nSPS) is 21.6. The van der Waals surface area contributed by atoms with Gasteiger partial charge in [0.1, 0.15) is 0 Å². The monoisotopic (exact) mass is 351 g/mol. The molecule has 0 aromatic carbocycles. The van der Waals surface area contributed by atoms with Gasteiger partial charge in [0.2, 0.25) is 5.91 Å². The highest BCUT2D eigenvalue weighted by atomic mass is 16.3. The third kappa shape index (κ3) is 2.62. The predicted molar refractivity (Wildman–Crippen MR) is 97.5 cm³/mol. The van der Waals surface area contributed by atoms with Gasteiger partial charge in [-0.1, -0.05) is 13.8 Å². The van der Waals surface area contributed by atoms with Crippen LogP contribution in [0.1, 0.15) is 45.2 Å². The summed E-state index contributed by atoms with van der Waals surface area (Å²) in [6, 6.07) is 3.09. The summed E-state index contributed by atoms with van der Waals surface area (Å²) in [6.07, 6.45) is 7.69. The van der Waals surface area contributed by atoms with Gasteiger partial charge in [-0.25, -0.2) is 0 Å². The first-order valence-corrected chi connectivity index (χ1v) is 8.66. The van der Waals surface area contributed by atoms with Crippen LogP contribution in [0.4, 0.5) is 11.4 Å². The number of anilines is 2. The second-order valence-corrected chi connectivity index (χ2v) is 7.70. The molecule has 0 saturated heterocycles. The highest BCUT2D eigenvalue weighted by Gasteiger charge is 2.42. The van der Waals surface area contributed by atoms with E-state index in [0.29, 0.717) is 17.7 Å². The van der Waals surface area contributed by atoms with E-state index in [2.05, 4.69) is 24.1 Å². The molecular weight excluding hydrogens is 330 g/mol. The lowest BCUT2D eigenvalue weighted by Gasteiger charge is -2.36. The minimum Gasteiger partial charge on any atom is -0.472 e. The molecule has 0 bridgehead atoms. The first-order chi connectivity index (χ1) is 12.4. The number of carbonyl (C=O) groups is 2. The van der Waals surface area contributed by atoms with Crippen LogP contribution in [0.5, 0.6) is 0 Å². The smallest absolute Gasteiger partial charge is 0.224 e. The van der Waals surface area contributed by atoms with E-state index >= 15 is 0 Å². The Hall–Kier alpha value is -2.89. The molecule has 1 aliphatic heterocycles. The number of aromatic nitrogens is 1. The average Bonchev–Trinajstić information content (AvgIpc) is 3.02. The molecule has 0 spiro atoms. The van der Waals surface area contributed by atoms with E-state index in [-0.39, 0.29) is 17.1 Å². The quantitative estimate of drug-likeness (QED) is 0.845. The Bertz CT molecular complexity index is 912. The van der Waals surface area contributed by atoms with E-state index in [1.807, 2.05) is 6.07 Å². The van der Waals surface area contributed by atoms with Gasteiger partial charge >= 0.3 is 0 Å². The number of amides is 1. The van der Waals surface area contributed by atoms with Crippen molar-refractivity contribution in [2.24, 2.45) is 5.41 Å². The molecule has 1 amide bonds. The molecule has 134 valence electrons. The van der Waals surface area contributed by atoms with E-state index in [0.717, 1.165) is 23.4 Å². The first-order valence-electron chi connectivity index (χ1n) is 8.66. The molecule has 0 fully saturated rings. The zero-order valence-electron chi connectivity index (χ0n) is 15.1. The Morgan fingerprint density at radius 3 is 2.85 bits per heavy atom. The number of carbonyl (C=O) groups excluding carboxylic acids is 2. The Morgan fingerprint density at radius 1 is 1.35 bits per heavy atom. The number of rotatable bonds is 1. The summed E-state index contributed by atoms with van der Waals surface area (Å²) in [5, 5.41) is 3.40. The number of nitrogens with one attached hydrogen (secondary N) is 1. The van der Waals surface area contributed by atoms with Gasteiger partial charge in [-0.2, -0.15) is 0 Å². The number of nitrogens with zero attached hydrogens (tertiary/aromatic N) is 2. The predicted octanol–water partition coefficient (Wildman–Crippen LogP) is 3.84. The number of pyridine rings is 1. The third-order valence-corrected chi connectivity index (χ3v) is 4.99. The number of allylic oxidation sites excluding steroid dienone is 1. The zero-order chi connectivity index (χ0) is 18.5. The largest absolute Gasteiger partial charge is 0.472 e. The molecule has 1 aliphatic carbocycles. The highest BCUT2D eigenvalue weighted by Crippen LogP contribution is 2.48. The van der Waals surface area contributed by atoms with E-state index in [1.165, 1.54) is 6.92 Å². The van der Waals surface area contributed by atoms with Gasteiger partial charge in [-0.15, -0.1) is 0 Å². The van der Waals surface area contributed by atoms with Gasteiger partial charge in [-0.05, 0) is 24.0 Å². The molecule has 1 atom stereocenters. The highest BCUT2D eigenvalue weighted by molar-refractivity contribution is 6.05. The first kappa shape index (κ1) is 16.6. The summed E-state index contributed by atoms with van der Waals surface area (Å²) in [5.74, 6) is -0.0844. The molecule has 6 nitrogen and oxygen atoms in total. The van der Waals surface area contributed by atoms with Gasteiger partial charge in [-0.3, -0.25) is 19.5 Å². The van der Waals surface area contributed by atoms with Crippen LogP contribution >= 0.6 is 0 Å². The van der Waals surface area contributed by atoms with Crippen molar-refractivity contribution < 1.29 is 14.0 Å². The number of ketones is 1. The number of hydrogen-bond acceptors (Lipinski definition) is 5. The molecule has 2 aromatic heterocycles. The molecule has 0 saturated carbocycles. The maximum absolute atomic E-state index is 13.1. The van der Waals surface area contributed by atoms with Crippen molar-refractivity contribution >= 4 is 23.1 Å². The SMILES string of the molecule is CC(=O)N1c2ccncc2NC2=C(C(=O)CC(C)(C)C2)C1c1ccoc1. The number of furan rings is 1. The molecule has 1 unspecified atom stereocenters. The maximum Gasteiger partial charge on any atom is 0.224 e. The molecule has 2 aliphatic rings. The van der Waals surface area contributed by atoms with Crippen molar-refractivity contribution in [1.82, 2.24) is 4.98 Å². The van der Waals surface area contributed by atoms with Crippen molar-refractivity contribution in [2.45, 2.75) is 39.7 Å². The van der Waals surface area contributed by atoms with Crippen LogP contribution in [-0.4, -0.2) is 16.7 Å². The summed E-state index contributed by atoms with van der Waals surface area (Å²) in [6.45, 7) is 5.68. The molecule has 1 N–H and O–H groups in total. The van der Waals surface area contributed by atoms with Crippen LogP contribution in [0.25, 0.3) is 0 Å². The standard InChI is InChI=1S/C20H21N3O3/c1-12(24)23-16-4-6-21-10-15(16)22-14-8-20(2,3)9-17(25)18(14)19(23)13-5-7-26-11-13/h4-7,10-11,19,22H,8-9H2,1-3H3. The molecule has 26 heavy (non-hydrogen) atoms. The van der Waals surface area contributed by atoms with Crippen LogP contribution in [-0.2, 0) is 9.59 Å². The third-order valence-electron chi connectivity index (χ3n) is 4.99. The van der Waals surface area contributed by atoms with Gasteiger partial charge in [0, 0.05) is 36.4 Å². The lowest BCUT2D eigenvalue weighted by Crippen LogP contribution is -2.38. The van der Waals surface area contributed by atoms with Crippen molar-refractivity contribution in [2.75, 3.05) is 10.2 Å². The molecule has 6 heteroatoms. The van der Waals surface area contributed by atoms with Crippen LogP contribution in [0.15, 0.2) is 52.7 Å². The van der Waals surface area contributed by atoms with Crippen molar-refractivity contribution in [3.05, 3.63) is 53.9 Å². The fourth-order valence-electron chi connectivity index (χ4n) is 3.99. The summed E-state index contributed by atoms with van der Waals surface area (Å²) in [5.41, 5.74) is 3.57. The molecular formula is C20H21N3O3. The molecule has 2 aromatic rings. The minimum absolute atomic E-state index is 0.0574. The zero-order valence-corrected chi connectivity index (χ0v) is 15.1. The van der Waals surface area contributed by atoms with Gasteiger partial charge in [0.05, 0.1) is 36.1 Å². The van der Waals surface area contributed by atoms with Crippen molar-refractivity contribution in [1.29, 1.82) is 0 Å². The number of hydrogen-bond donors (Lipinski definition) is 1. The molecule has 0 radical (unpaired) electrons. The Labute approximate surface area is 151 Å². The Kier molecular flexibility index (Phi) is 3.72. The maximum atomic E-state index is 13.1. The fraction of sp³-hybridized carbons (Fsp3) is 0.350. The Morgan fingerprint density at radius 2 is 2.15 bits per heavy atom. The summed E-state index contributed by atoms with van der Waals surface area (Å²) in [4.78, 5) is 31.6. The molecule has 4 rings (SSSR count). The van der Waals surface area contributed by atoms with Gasteiger partial charge in [0.15, 0.2) is 5.78 Å². The van der Waals surface area contributed by atoms with Crippen LogP contribution in [0.3, 0.4) is 0 Å².